The topological polar surface area (TPSA) is 63.6 Å². The summed E-state index contributed by atoms with van der Waals surface area (Å²) in [5.41, 5.74) is -0.488. The highest BCUT2D eigenvalue weighted by molar-refractivity contribution is 5.76. The summed E-state index contributed by atoms with van der Waals surface area (Å²) in [6, 6.07) is 0. The summed E-state index contributed by atoms with van der Waals surface area (Å²) >= 11 is 0. The summed E-state index contributed by atoms with van der Waals surface area (Å²) in [7, 11) is 0. The molecule has 1 aliphatic carbocycles. The van der Waals surface area contributed by atoms with Crippen molar-refractivity contribution in [2.45, 2.75) is 45.6 Å². The van der Waals surface area contributed by atoms with Crippen molar-refractivity contribution in [3.8, 4) is 0 Å². The van der Waals surface area contributed by atoms with E-state index in [0.29, 0.717) is 19.3 Å². The number of esters is 1. The van der Waals surface area contributed by atoms with E-state index in [0.717, 1.165) is 0 Å². The van der Waals surface area contributed by atoms with Crippen LogP contribution in [0.4, 0.5) is 0 Å². The summed E-state index contributed by atoms with van der Waals surface area (Å²) in [5.74, 6) is -1.67. The molecule has 0 amide bonds. The van der Waals surface area contributed by atoms with Crippen molar-refractivity contribution in [2.24, 2.45) is 11.8 Å². The van der Waals surface area contributed by atoms with E-state index >= 15 is 0 Å². The third-order valence-electron chi connectivity index (χ3n) is 2.52. The first-order valence-electron chi connectivity index (χ1n) is 5.25. The second-order valence-electron chi connectivity index (χ2n) is 5.08. The van der Waals surface area contributed by atoms with Gasteiger partial charge in [0.25, 0.3) is 0 Å². The molecule has 2 atom stereocenters. The molecule has 0 bridgehead atoms. The average molecular weight is 214 g/mol. The van der Waals surface area contributed by atoms with Gasteiger partial charge in [0, 0.05) is 0 Å². The average Bonchev–Trinajstić information content (AvgIpc) is 2.47. The normalized spacial score (nSPS) is 26.3. The molecule has 0 unspecified atom stereocenters. The molecule has 1 rings (SSSR count). The maximum atomic E-state index is 11.6. The minimum absolute atomic E-state index is 0.231. The van der Waals surface area contributed by atoms with E-state index in [1.807, 2.05) is 20.8 Å². The van der Waals surface area contributed by atoms with E-state index in [2.05, 4.69) is 0 Å². The van der Waals surface area contributed by atoms with Gasteiger partial charge in [-0.05, 0) is 40.0 Å². The number of hydrogen-bond acceptors (Lipinski definition) is 3. The first kappa shape index (κ1) is 12.0. The summed E-state index contributed by atoms with van der Waals surface area (Å²) in [6.07, 6.45) is 1.63. The molecule has 86 valence electrons. The lowest BCUT2D eigenvalue weighted by molar-refractivity contribution is -0.159. The number of aliphatic carboxylic acids is 1. The molecule has 4 heteroatoms. The van der Waals surface area contributed by atoms with Gasteiger partial charge < -0.3 is 9.84 Å². The van der Waals surface area contributed by atoms with Gasteiger partial charge in [0.2, 0.25) is 0 Å². The Kier molecular flexibility index (Phi) is 3.37. The largest absolute Gasteiger partial charge is 0.481 e. The van der Waals surface area contributed by atoms with E-state index in [1.165, 1.54) is 0 Å². The Hall–Kier alpha value is -1.06. The molecule has 0 aromatic carbocycles. The quantitative estimate of drug-likeness (QED) is 0.712. The molecule has 0 aromatic heterocycles. The highest BCUT2D eigenvalue weighted by Gasteiger charge is 2.36. The maximum Gasteiger partial charge on any atom is 0.309 e. The highest BCUT2D eigenvalue weighted by atomic mass is 16.6. The Bertz CT molecular complexity index is 264. The van der Waals surface area contributed by atoms with Crippen molar-refractivity contribution >= 4 is 11.9 Å². The lowest BCUT2D eigenvalue weighted by Gasteiger charge is -2.21. The van der Waals surface area contributed by atoms with Crippen molar-refractivity contribution < 1.29 is 19.4 Å². The number of ether oxygens (including phenoxy) is 1. The van der Waals surface area contributed by atoms with Crippen LogP contribution in [0.3, 0.4) is 0 Å². The van der Waals surface area contributed by atoms with Crippen molar-refractivity contribution in [1.82, 2.24) is 0 Å². The van der Waals surface area contributed by atoms with Gasteiger partial charge in [-0.2, -0.15) is 0 Å². The van der Waals surface area contributed by atoms with Crippen LogP contribution in [0.5, 0.6) is 0 Å². The van der Waals surface area contributed by atoms with Gasteiger partial charge in [0.15, 0.2) is 0 Å². The molecule has 1 N–H and O–H groups in total. The van der Waals surface area contributed by atoms with E-state index in [9.17, 15) is 9.59 Å². The SMILES string of the molecule is CC(C)(C)OC(=O)[C@H]1CC[C@@H](C(=O)O)C1. The summed E-state index contributed by atoms with van der Waals surface area (Å²) in [6.45, 7) is 5.44. The monoisotopic (exact) mass is 214 g/mol. The predicted octanol–water partition coefficient (Wildman–Crippen LogP) is 1.83. The molecule has 0 spiro atoms. The van der Waals surface area contributed by atoms with Gasteiger partial charge in [0.05, 0.1) is 11.8 Å². The Balaban J connectivity index is 2.47. The second kappa shape index (κ2) is 4.21. The summed E-state index contributed by atoms with van der Waals surface area (Å²) < 4.78 is 5.22. The van der Waals surface area contributed by atoms with Gasteiger partial charge in [-0.1, -0.05) is 0 Å². The minimum Gasteiger partial charge on any atom is -0.481 e. The zero-order chi connectivity index (χ0) is 11.6. The van der Waals surface area contributed by atoms with Crippen LogP contribution in [0.2, 0.25) is 0 Å². The Morgan fingerprint density at radius 2 is 1.73 bits per heavy atom. The smallest absolute Gasteiger partial charge is 0.309 e. The van der Waals surface area contributed by atoms with Crippen LogP contribution in [0, 0.1) is 11.8 Å². The van der Waals surface area contributed by atoms with Gasteiger partial charge >= 0.3 is 11.9 Å². The van der Waals surface area contributed by atoms with Gasteiger partial charge in [-0.3, -0.25) is 9.59 Å². The fourth-order valence-corrected chi connectivity index (χ4v) is 1.80. The molecule has 0 saturated heterocycles. The van der Waals surface area contributed by atoms with E-state index in [1.54, 1.807) is 0 Å². The van der Waals surface area contributed by atoms with Crippen molar-refractivity contribution in [1.29, 1.82) is 0 Å². The van der Waals surface area contributed by atoms with Crippen LogP contribution >= 0.6 is 0 Å². The molecule has 15 heavy (non-hydrogen) atoms. The molecule has 0 aromatic rings. The number of hydrogen-bond donors (Lipinski definition) is 1. The molecule has 4 nitrogen and oxygen atoms in total. The zero-order valence-electron chi connectivity index (χ0n) is 9.45. The van der Waals surface area contributed by atoms with Gasteiger partial charge in [-0.15, -0.1) is 0 Å². The fourth-order valence-electron chi connectivity index (χ4n) is 1.80. The van der Waals surface area contributed by atoms with Gasteiger partial charge in [-0.25, -0.2) is 0 Å². The van der Waals surface area contributed by atoms with Crippen LogP contribution in [0.15, 0.2) is 0 Å². The Labute approximate surface area is 89.6 Å². The van der Waals surface area contributed by atoms with Crippen LogP contribution < -0.4 is 0 Å². The second-order valence-corrected chi connectivity index (χ2v) is 5.08. The molecule has 1 aliphatic rings. The molecule has 1 fully saturated rings. The molecule has 0 aliphatic heterocycles. The third-order valence-corrected chi connectivity index (χ3v) is 2.52. The fraction of sp³-hybridized carbons (Fsp3) is 0.818. The number of rotatable bonds is 2. The zero-order valence-corrected chi connectivity index (χ0v) is 9.45. The van der Waals surface area contributed by atoms with E-state index in [4.69, 9.17) is 9.84 Å². The standard InChI is InChI=1S/C11H18O4/c1-11(2,3)15-10(14)8-5-4-7(6-8)9(12)13/h7-8H,4-6H2,1-3H3,(H,12,13)/t7-,8+/m1/s1. The van der Waals surface area contributed by atoms with Crippen LogP contribution in [0.1, 0.15) is 40.0 Å². The summed E-state index contributed by atoms with van der Waals surface area (Å²) in [5, 5.41) is 8.79. The first-order chi connectivity index (χ1) is 6.79. The van der Waals surface area contributed by atoms with Crippen LogP contribution in [-0.4, -0.2) is 22.6 Å². The molecule has 0 radical (unpaired) electrons. The molecular weight excluding hydrogens is 196 g/mol. The van der Waals surface area contributed by atoms with Crippen LogP contribution in [-0.2, 0) is 14.3 Å². The van der Waals surface area contributed by atoms with Crippen molar-refractivity contribution in [3.63, 3.8) is 0 Å². The number of carboxylic acids is 1. The predicted molar refractivity (Wildman–Crippen MR) is 54.3 cm³/mol. The van der Waals surface area contributed by atoms with Crippen LogP contribution in [0.25, 0.3) is 0 Å². The summed E-state index contributed by atoms with van der Waals surface area (Å²) in [4.78, 5) is 22.3. The lowest BCUT2D eigenvalue weighted by atomic mass is 10.0. The third kappa shape index (κ3) is 3.53. The number of carboxylic acid groups (broad SMARTS) is 1. The first-order valence-corrected chi connectivity index (χ1v) is 5.25. The van der Waals surface area contributed by atoms with E-state index in [-0.39, 0.29) is 17.8 Å². The minimum atomic E-state index is -0.805. The van der Waals surface area contributed by atoms with E-state index < -0.39 is 11.6 Å². The van der Waals surface area contributed by atoms with Gasteiger partial charge in [0.1, 0.15) is 5.60 Å². The maximum absolute atomic E-state index is 11.6. The number of carbonyl (C=O) groups is 2. The Morgan fingerprint density at radius 1 is 1.20 bits per heavy atom. The highest BCUT2D eigenvalue weighted by Crippen LogP contribution is 2.32. The molecule has 1 saturated carbocycles. The molecular formula is C11H18O4. The molecule has 0 heterocycles. The van der Waals surface area contributed by atoms with Crippen molar-refractivity contribution in [2.75, 3.05) is 0 Å². The number of carbonyl (C=O) groups excluding carboxylic acids is 1. The Morgan fingerprint density at radius 3 is 2.13 bits per heavy atom. The lowest BCUT2D eigenvalue weighted by Crippen LogP contribution is -2.28. The van der Waals surface area contributed by atoms with Crippen molar-refractivity contribution in [3.05, 3.63) is 0 Å².